The predicted octanol–water partition coefficient (Wildman–Crippen LogP) is 2.87. The smallest absolute Gasteiger partial charge is 0.223 e. The van der Waals surface area contributed by atoms with Crippen molar-refractivity contribution in [3.05, 3.63) is 23.3 Å². The molecule has 0 atom stereocenters. The summed E-state index contributed by atoms with van der Waals surface area (Å²) in [4.78, 5) is 15.3. The van der Waals surface area contributed by atoms with Gasteiger partial charge in [0.25, 0.3) is 0 Å². The fourth-order valence-corrected chi connectivity index (χ4v) is 2.52. The minimum Gasteiger partial charge on any atom is -0.302 e. The molecule has 0 spiro atoms. The molecule has 2 aromatic rings. The van der Waals surface area contributed by atoms with Gasteiger partial charge >= 0.3 is 0 Å². The Morgan fingerprint density at radius 3 is 2.60 bits per heavy atom. The van der Waals surface area contributed by atoms with Gasteiger partial charge in [-0.25, -0.2) is 4.98 Å². The Hall–Kier alpha value is -1.42. The zero-order chi connectivity index (χ0) is 11.0. The highest BCUT2D eigenvalue weighted by Gasteiger charge is 2.08. The quantitative estimate of drug-likeness (QED) is 0.803. The molecule has 3 nitrogen and oxygen atoms in total. The number of aryl methyl sites for hydroxylation is 2. The first kappa shape index (κ1) is 10.1. The number of carbonyl (C=O) groups excluding carboxylic acids is 1. The van der Waals surface area contributed by atoms with Crippen molar-refractivity contribution in [2.24, 2.45) is 0 Å². The van der Waals surface area contributed by atoms with E-state index >= 15 is 0 Å². The number of benzene rings is 1. The maximum atomic E-state index is 10.9. The molecular weight excluding hydrogens is 208 g/mol. The molecule has 0 unspecified atom stereocenters. The van der Waals surface area contributed by atoms with Crippen molar-refractivity contribution in [2.45, 2.75) is 20.8 Å². The van der Waals surface area contributed by atoms with Gasteiger partial charge in [-0.05, 0) is 25.0 Å². The van der Waals surface area contributed by atoms with E-state index in [0.717, 1.165) is 15.8 Å². The van der Waals surface area contributed by atoms with Crippen molar-refractivity contribution in [1.29, 1.82) is 0 Å². The summed E-state index contributed by atoms with van der Waals surface area (Å²) in [6.45, 7) is 5.57. The first-order valence-corrected chi connectivity index (χ1v) is 5.54. The Kier molecular flexibility index (Phi) is 2.44. The summed E-state index contributed by atoms with van der Waals surface area (Å²) in [5.41, 5.74) is 3.33. The van der Waals surface area contributed by atoms with Crippen LogP contribution in [0.25, 0.3) is 10.2 Å². The number of fused-ring (bicyclic) bond motifs is 1. The van der Waals surface area contributed by atoms with Crippen molar-refractivity contribution >= 4 is 32.6 Å². The topological polar surface area (TPSA) is 42.0 Å². The van der Waals surface area contributed by atoms with Crippen LogP contribution in [0.15, 0.2) is 12.1 Å². The highest BCUT2D eigenvalue weighted by atomic mass is 32.1. The van der Waals surface area contributed by atoms with E-state index in [1.54, 1.807) is 0 Å². The van der Waals surface area contributed by atoms with E-state index in [-0.39, 0.29) is 5.91 Å². The molecule has 0 aliphatic heterocycles. The lowest BCUT2D eigenvalue weighted by Crippen LogP contribution is -2.04. The minimum atomic E-state index is -0.0793. The first-order chi connectivity index (χ1) is 7.08. The standard InChI is InChI=1S/C11H12N2OS/c1-6-4-5-7(2)10-9(6)13-11(15-10)12-8(3)14/h4-5H,1-3H3,(H,12,13,14). The van der Waals surface area contributed by atoms with Gasteiger partial charge < -0.3 is 5.32 Å². The summed E-state index contributed by atoms with van der Waals surface area (Å²) >= 11 is 1.52. The molecule has 0 saturated heterocycles. The monoisotopic (exact) mass is 220 g/mol. The zero-order valence-electron chi connectivity index (χ0n) is 8.92. The molecule has 1 heterocycles. The van der Waals surface area contributed by atoms with Gasteiger partial charge in [0, 0.05) is 6.92 Å². The van der Waals surface area contributed by atoms with Crippen molar-refractivity contribution in [3.8, 4) is 0 Å². The van der Waals surface area contributed by atoms with Crippen molar-refractivity contribution in [3.63, 3.8) is 0 Å². The number of nitrogens with zero attached hydrogens (tertiary/aromatic N) is 1. The maximum absolute atomic E-state index is 10.9. The van der Waals surface area contributed by atoms with Crippen LogP contribution in [0, 0.1) is 13.8 Å². The Balaban J connectivity index is 2.59. The normalized spacial score (nSPS) is 10.6. The van der Waals surface area contributed by atoms with Crippen LogP contribution in [-0.4, -0.2) is 10.9 Å². The molecule has 0 radical (unpaired) electrons. The zero-order valence-corrected chi connectivity index (χ0v) is 9.73. The van der Waals surface area contributed by atoms with E-state index < -0.39 is 0 Å². The van der Waals surface area contributed by atoms with E-state index in [9.17, 15) is 4.79 Å². The maximum Gasteiger partial charge on any atom is 0.223 e. The highest BCUT2D eigenvalue weighted by molar-refractivity contribution is 7.22. The summed E-state index contributed by atoms with van der Waals surface area (Å²) in [7, 11) is 0. The molecule has 0 aliphatic rings. The van der Waals surface area contributed by atoms with Crippen LogP contribution in [0.2, 0.25) is 0 Å². The third-order valence-corrected chi connectivity index (χ3v) is 3.33. The fourth-order valence-electron chi connectivity index (χ4n) is 1.46. The summed E-state index contributed by atoms with van der Waals surface area (Å²) in [5.74, 6) is -0.0793. The Morgan fingerprint density at radius 2 is 2.00 bits per heavy atom. The van der Waals surface area contributed by atoms with Gasteiger partial charge in [-0.3, -0.25) is 4.79 Å². The number of hydrogen-bond donors (Lipinski definition) is 1. The second kappa shape index (κ2) is 3.62. The van der Waals surface area contributed by atoms with Gasteiger partial charge in [-0.1, -0.05) is 23.5 Å². The van der Waals surface area contributed by atoms with Gasteiger partial charge in [-0.2, -0.15) is 0 Å². The van der Waals surface area contributed by atoms with E-state index in [0.29, 0.717) is 5.13 Å². The average Bonchev–Trinajstić information content (AvgIpc) is 2.55. The van der Waals surface area contributed by atoms with Crippen LogP contribution in [-0.2, 0) is 4.79 Å². The van der Waals surface area contributed by atoms with Gasteiger partial charge in [0.15, 0.2) is 5.13 Å². The van der Waals surface area contributed by atoms with Gasteiger partial charge in [-0.15, -0.1) is 0 Å². The van der Waals surface area contributed by atoms with Crippen LogP contribution in [0.4, 0.5) is 5.13 Å². The molecule has 78 valence electrons. The lowest BCUT2D eigenvalue weighted by Gasteiger charge is -1.96. The summed E-state index contributed by atoms with van der Waals surface area (Å²) in [6, 6.07) is 4.13. The van der Waals surface area contributed by atoms with Gasteiger partial charge in [0.1, 0.15) is 0 Å². The minimum absolute atomic E-state index is 0.0793. The number of hydrogen-bond acceptors (Lipinski definition) is 3. The Morgan fingerprint density at radius 1 is 1.33 bits per heavy atom. The molecule has 2 rings (SSSR count). The van der Waals surface area contributed by atoms with E-state index in [1.165, 1.54) is 23.8 Å². The van der Waals surface area contributed by atoms with Crippen molar-refractivity contribution in [2.75, 3.05) is 5.32 Å². The second-order valence-corrected chi connectivity index (χ2v) is 4.58. The molecule has 1 aromatic carbocycles. The van der Waals surface area contributed by atoms with Crippen LogP contribution in [0.5, 0.6) is 0 Å². The van der Waals surface area contributed by atoms with Crippen molar-refractivity contribution < 1.29 is 4.79 Å². The molecule has 1 amide bonds. The molecule has 1 N–H and O–H groups in total. The molecule has 4 heteroatoms. The summed E-state index contributed by atoms with van der Waals surface area (Å²) in [5, 5.41) is 3.39. The number of rotatable bonds is 1. The number of carbonyl (C=O) groups is 1. The van der Waals surface area contributed by atoms with Gasteiger partial charge in [0.2, 0.25) is 5.91 Å². The molecular formula is C11H12N2OS. The molecule has 1 aromatic heterocycles. The molecule has 0 bridgehead atoms. The first-order valence-electron chi connectivity index (χ1n) is 4.72. The number of thiazole rings is 1. The Bertz CT molecular complexity index is 492. The Labute approximate surface area is 92.1 Å². The van der Waals surface area contributed by atoms with E-state index in [2.05, 4.69) is 29.4 Å². The van der Waals surface area contributed by atoms with Crippen LogP contribution >= 0.6 is 11.3 Å². The lowest BCUT2D eigenvalue weighted by molar-refractivity contribution is -0.114. The second-order valence-electron chi connectivity index (χ2n) is 3.58. The van der Waals surface area contributed by atoms with Crippen LogP contribution < -0.4 is 5.32 Å². The van der Waals surface area contributed by atoms with E-state index in [1.807, 2.05) is 6.92 Å². The lowest BCUT2D eigenvalue weighted by atomic mass is 10.1. The van der Waals surface area contributed by atoms with Crippen LogP contribution in [0.3, 0.4) is 0 Å². The highest BCUT2D eigenvalue weighted by Crippen LogP contribution is 2.30. The van der Waals surface area contributed by atoms with Crippen molar-refractivity contribution in [1.82, 2.24) is 4.98 Å². The average molecular weight is 220 g/mol. The van der Waals surface area contributed by atoms with Crippen LogP contribution in [0.1, 0.15) is 18.1 Å². The molecule has 15 heavy (non-hydrogen) atoms. The number of amides is 1. The number of aromatic nitrogens is 1. The number of nitrogens with one attached hydrogen (secondary N) is 1. The predicted molar refractivity (Wildman–Crippen MR) is 63.4 cm³/mol. The SMILES string of the molecule is CC(=O)Nc1nc2c(C)ccc(C)c2s1. The summed E-state index contributed by atoms with van der Waals surface area (Å²) in [6.07, 6.45) is 0. The third-order valence-electron chi connectivity index (χ3n) is 2.23. The summed E-state index contributed by atoms with van der Waals surface area (Å²) < 4.78 is 1.15. The third kappa shape index (κ3) is 1.85. The fraction of sp³-hybridized carbons (Fsp3) is 0.273. The van der Waals surface area contributed by atoms with Gasteiger partial charge in [0.05, 0.1) is 10.2 Å². The molecule has 0 saturated carbocycles. The molecule has 0 aliphatic carbocycles. The number of anilines is 1. The molecule has 0 fully saturated rings. The van der Waals surface area contributed by atoms with E-state index in [4.69, 9.17) is 0 Å². The largest absolute Gasteiger partial charge is 0.302 e.